The zero-order valence-corrected chi connectivity index (χ0v) is 10.4. The lowest BCUT2D eigenvalue weighted by molar-refractivity contribution is 0.396. The van der Waals surface area contributed by atoms with E-state index >= 15 is 0 Å². The molecule has 1 saturated carbocycles. The van der Waals surface area contributed by atoms with Crippen molar-refractivity contribution in [2.24, 2.45) is 5.92 Å². The molecule has 3 heteroatoms. The quantitative estimate of drug-likeness (QED) is 0.737. The minimum absolute atomic E-state index is 0.703. The van der Waals surface area contributed by atoms with Crippen molar-refractivity contribution in [1.82, 2.24) is 9.78 Å². The van der Waals surface area contributed by atoms with Crippen LogP contribution < -0.4 is 4.90 Å². The van der Waals surface area contributed by atoms with Crippen LogP contribution in [0.15, 0.2) is 30.6 Å². The minimum Gasteiger partial charge on any atom is -0.333 e. The van der Waals surface area contributed by atoms with Gasteiger partial charge >= 0.3 is 0 Å². The highest BCUT2D eigenvalue weighted by atomic mass is 15.4. The van der Waals surface area contributed by atoms with Gasteiger partial charge < -0.3 is 4.90 Å². The van der Waals surface area contributed by atoms with Crippen LogP contribution in [-0.4, -0.2) is 16.8 Å². The Morgan fingerprint density at radius 1 is 1.29 bits per heavy atom. The van der Waals surface area contributed by atoms with Gasteiger partial charge in [-0.15, -0.1) is 0 Å². The summed E-state index contributed by atoms with van der Waals surface area (Å²) in [7, 11) is 2.14. The summed E-state index contributed by atoms with van der Waals surface area (Å²) in [5.41, 5.74) is 2.41. The molecular weight excluding hydrogens is 210 g/mol. The molecule has 0 amide bonds. The van der Waals surface area contributed by atoms with E-state index in [9.17, 15) is 0 Å². The molecule has 2 heterocycles. The molecule has 1 fully saturated rings. The molecule has 0 saturated heterocycles. The molecule has 2 aliphatic rings. The average molecular weight is 229 g/mol. The Bertz CT molecular complexity index is 464. The molecule has 1 aromatic heterocycles. The molecule has 17 heavy (non-hydrogen) atoms. The summed E-state index contributed by atoms with van der Waals surface area (Å²) in [5.74, 6) is 1.84. The van der Waals surface area contributed by atoms with Crippen LogP contribution in [0.5, 0.6) is 0 Å². The molecule has 0 unspecified atom stereocenters. The van der Waals surface area contributed by atoms with Crippen molar-refractivity contribution in [3.05, 3.63) is 30.6 Å². The van der Waals surface area contributed by atoms with Crippen molar-refractivity contribution < 1.29 is 0 Å². The largest absolute Gasteiger partial charge is 0.333 e. The van der Waals surface area contributed by atoms with Gasteiger partial charge in [0.05, 0.1) is 11.9 Å². The Morgan fingerprint density at radius 2 is 2.06 bits per heavy atom. The van der Waals surface area contributed by atoms with E-state index in [1.807, 2.05) is 10.9 Å². The van der Waals surface area contributed by atoms with Crippen LogP contribution in [0.2, 0.25) is 0 Å². The third-order valence-corrected chi connectivity index (χ3v) is 3.96. The summed E-state index contributed by atoms with van der Waals surface area (Å²) in [6, 6.07) is 2.06. The van der Waals surface area contributed by atoms with Crippen LogP contribution in [0.3, 0.4) is 0 Å². The van der Waals surface area contributed by atoms with Crippen LogP contribution in [0.25, 0.3) is 5.70 Å². The molecule has 1 aliphatic carbocycles. The second kappa shape index (κ2) is 4.06. The first kappa shape index (κ1) is 10.6. The van der Waals surface area contributed by atoms with E-state index < -0.39 is 0 Å². The number of nitrogens with zero attached hydrogens (tertiary/aromatic N) is 3. The normalized spacial score (nSPS) is 21.4. The van der Waals surface area contributed by atoms with Gasteiger partial charge in [0.1, 0.15) is 5.82 Å². The zero-order chi connectivity index (χ0) is 11.8. The molecule has 1 aromatic rings. The molecule has 3 nitrogen and oxygen atoms in total. The SMILES string of the molecule is C=C1C=C(C2CCCCC2)N(C)c2ccnn21. The van der Waals surface area contributed by atoms with Gasteiger partial charge in [-0.25, -0.2) is 4.68 Å². The van der Waals surface area contributed by atoms with Crippen LogP contribution in [0.4, 0.5) is 5.82 Å². The van der Waals surface area contributed by atoms with Gasteiger partial charge in [-0.1, -0.05) is 25.8 Å². The number of aromatic nitrogens is 2. The Balaban J connectivity index is 1.93. The number of rotatable bonds is 1. The third kappa shape index (κ3) is 1.70. The first-order chi connectivity index (χ1) is 8.27. The van der Waals surface area contributed by atoms with Crippen molar-refractivity contribution in [2.45, 2.75) is 32.1 Å². The topological polar surface area (TPSA) is 21.1 Å². The Morgan fingerprint density at radius 3 is 2.82 bits per heavy atom. The minimum atomic E-state index is 0.703. The first-order valence-corrected chi connectivity index (χ1v) is 6.46. The van der Waals surface area contributed by atoms with Gasteiger partial charge in [0.2, 0.25) is 0 Å². The van der Waals surface area contributed by atoms with E-state index in [1.54, 1.807) is 0 Å². The van der Waals surface area contributed by atoms with Crippen LogP contribution >= 0.6 is 0 Å². The standard InChI is InChI=1S/C14H19N3/c1-11-10-13(12-6-4-3-5-7-12)16(2)14-8-9-15-17(11)14/h8-10,12H,1,3-7H2,2H3. The van der Waals surface area contributed by atoms with E-state index in [4.69, 9.17) is 0 Å². The van der Waals surface area contributed by atoms with Gasteiger partial charge in [0.15, 0.2) is 0 Å². The van der Waals surface area contributed by atoms with Crippen molar-refractivity contribution in [3.63, 3.8) is 0 Å². The van der Waals surface area contributed by atoms with Crippen molar-refractivity contribution >= 4 is 11.5 Å². The van der Waals surface area contributed by atoms with Crippen molar-refractivity contribution in [1.29, 1.82) is 0 Å². The van der Waals surface area contributed by atoms with E-state index in [0.717, 1.165) is 11.5 Å². The molecule has 3 rings (SSSR count). The van der Waals surface area contributed by atoms with Gasteiger partial charge in [-0.3, -0.25) is 0 Å². The van der Waals surface area contributed by atoms with Gasteiger partial charge in [0, 0.05) is 18.8 Å². The maximum atomic E-state index is 4.30. The Labute approximate surface area is 102 Å². The lowest BCUT2D eigenvalue weighted by Gasteiger charge is -2.34. The number of fused-ring (bicyclic) bond motifs is 1. The molecule has 1 aliphatic heterocycles. The van der Waals surface area contributed by atoms with Gasteiger partial charge in [0.25, 0.3) is 0 Å². The predicted molar refractivity (Wildman–Crippen MR) is 70.6 cm³/mol. The Kier molecular flexibility index (Phi) is 2.54. The Hall–Kier alpha value is -1.51. The predicted octanol–water partition coefficient (Wildman–Crippen LogP) is 3.27. The lowest BCUT2D eigenvalue weighted by atomic mass is 9.85. The molecule has 0 N–H and O–H groups in total. The zero-order valence-electron chi connectivity index (χ0n) is 10.4. The van der Waals surface area contributed by atoms with E-state index in [0.29, 0.717) is 5.92 Å². The summed E-state index contributed by atoms with van der Waals surface area (Å²) >= 11 is 0. The fourth-order valence-corrected chi connectivity index (χ4v) is 3.02. The second-order valence-corrected chi connectivity index (χ2v) is 5.06. The number of hydrogen-bond donors (Lipinski definition) is 0. The lowest BCUT2D eigenvalue weighted by Crippen LogP contribution is -2.29. The fourth-order valence-electron chi connectivity index (χ4n) is 3.02. The number of anilines is 1. The molecule has 0 spiro atoms. The molecule has 0 atom stereocenters. The summed E-state index contributed by atoms with van der Waals surface area (Å²) in [6.45, 7) is 4.10. The van der Waals surface area contributed by atoms with Crippen LogP contribution in [0.1, 0.15) is 32.1 Å². The van der Waals surface area contributed by atoms with Crippen molar-refractivity contribution in [3.8, 4) is 0 Å². The highest BCUT2D eigenvalue weighted by Crippen LogP contribution is 2.37. The first-order valence-electron chi connectivity index (χ1n) is 6.46. The molecule has 90 valence electrons. The molecule has 0 bridgehead atoms. The van der Waals surface area contributed by atoms with Gasteiger partial charge in [-0.2, -0.15) is 5.10 Å². The molecular formula is C14H19N3. The second-order valence-electron chi connectivity index (χ2n) is 5.06. The van der Waals surface area contributed by atoms with Crippen molar-refractivity contribution in [2.75, 3.05) is 11.9 Å². The van der Waals surface area contributed by atoms with E-state index in [2.05, 4.69) is 35.8 Å². The summed E-state index contributed by atoms with van der Waals surface area (Å²) in [4.78, 5) is 2.28. The van der Waals surface area contributed by atoms with E-state index in [1.165, 1.54) is 37.8 Å². The maximum Gasteiger partial charge on any atom is 0.136 e. The monoisotopic (exact) mass is 229 g/mol. The summed E-state index contributed by atoms with van der Waals surface area (Å²) < 4.78 is 1.91. The van der Waals surface area contributed by atoms with Crippen LogP contribution in [-0.2, 0) is 0 Å². The highest BCUT2D eigenvalue weighted by molar-refractivity contribution is 5.68. The molecule has 0 radical (unpaired) electrons. The number of allylic oxidation sites excluding steroid dienone is 3. The van der Waals surface area contributed by atoms with Gasteiger partial charge in [-0.05, 0) is 24.8 Å². The summed E-state index contributed by atoms with van der Waals surface area (Å²) in [6.07, 6.45) is 10.8. The summed E-state index contributed by atoms with van der Waals surface area (Å²) in [5, 5.41) is 4.30. The third-order valence-electron chi connectivity index (χ3n) is 3.96. The molecule has 0 aromatic carbocycles. The highest BCUT2D eigenvalue weighted by Gasteiger charge is 2.26. The van der Waals surface area contributed by atoms with E-state index in [-0.39, 0.29) is 0 Å². The average Bonchev–Trinajstić information content (AvgIpc) is 2.85. The fraction of sp³-hybridized carbons (Fsp3) is 0.500. The van der Waals surface area contributed by atoms with Crippen LogP contribution in [0, 0.1) is 5.92 Å². The number of hydrogen-bond acceptors (Lipinski definition) is 2. The smallest absolute Gasteiger partial charge is 0.136 e. The maximum absolute atomic E-state index is 4.30.